The maximum absolute atomic E-state index is 14.3. The Kier molecular flexibility index (Phi) is 5.42. The Labute approximate surface area is 166 Å². The lowest BCUT2D eigenvalue weighted by atomic mass is 9.89. The molecule has 0 unspecified atom stereocenters. The highest BCUT2D eigenvalue weighted by atomic mass is 79.9. The Hall–Kier alpha value is -2.49. The number of aliphatic imine (C=N–C) groups is 1. The van der Waals surface area contributed by atoms with Crippen LogP contribution in [0.4, 0.5) is 17.6 Å². The largest absolute Gasteiger partial charge is 0.452 e. The van der Waals surface area contributed by atoms with E-state index in [1.165, 1.54) is 25.1 Å². The summed E-state index contributed by atoms with van der Waals surface area (Å²) in [6, 6.07) is 9.60. The van der Waals surface area contributed by atoms with Crippen LogP contribution in [0.5, 0.6) is 0 Å². The van der Waals surface area contributed by atoms with Gasteiger partial charge in [0.2, 0.25) is 0 Å². The zero-order valence-electron chi connectivity index (χ0n) is 14.4. The van der Waals surface area contributed by atoms with Gasteiger partial charge in [0.15, 0.2) is 6.10 Å². The average molecular weight is 460 g/mol. The number of benzene rings is 1. The molecule has 1 aromatic heterocycles. The normalized spacial score (nSPS) is 22.2. The molecule has 0 saturated heterocycles. The van der Waals surface area contributed by atoms with E-state index < -0.39 is 42.0 Å². The molecule has 28 heavy (non-hydrogen) atoms. The summed E-state index contributed by atoms with van der Waals surface area (Å²) < 4.78 is 59.6. The maximum Gasteiger partial charge on any atom is 0.425 e. The van der Waals surface area contributed by atoms with E-state index in [2.05, 4.69) is 31.2 Å². The van der Waals surface area contributed by atoms with Crippen LogP contribution in [-0.2, 0) is 10.3 Å². The third kappa shape index (κ3) is 4.32. The molecular formula is C18H14BrF4N3O2. The number of carbonyl (C=O) groups is 1. The molecule has 0 aliphatic carbocycles. The highest BCUT2D eigenvalue weighted by Crippen LogP contribution is 2.40. The SMILES string of the molecule is C[C@@]1(c2nc(Br)ccc2F)C[C@H](C(F)(F)F)OC(NC(=O)c2ccccc2)=N1. The molecule has 148 valence electrons. The summed E-state index contributed by atoms with van der Waals surface area (Å²) in [7, 11) is 0. The molecule has 1 aliphatic rings. The number of halogens is 5. The van der Waals surface area contributed by atoms with E-state index in [0.717, 1.165) is 6.07 Å². The molecule has 0 spiro atoms. The Bertz CT molecular complexity index is 921. The van der Waals surface area contributed by atoms with Crippen LogP contribution in [0.3, 0.4) is 0 Å². The maximum atomic E-state index is 14.3. The van der Waals surface area contributed by atoms with Crippen molar-refractivity contribution in [2.45, 2.75) is 31.2 Å². The van der Waals surface area contributed by atoms with E-state index in [4.69, 9.17) is 4.74 Å². The highest BCUT2D eigenvalue weighted by molar-refractivity contribution is 9.10. The van der Waals surface area contributed by atoms with E-state index in [9.17, 15) is 22.4 Å². The second-order valence-electron chi connectivity index (χ2n) is 6.33. The highest BCUT2D eigenvalue weighted by Gasteiger charge is 2.51. The number of nitrogens with one attached hydrogen (secondary N) is 1. The average Bonchev–Trinajstić information content (AvgIpc) is 2.63. The molecule has 0 fully saturated rings. The van der Waals surface area contributed by atoms with Crippen molar-refractivity contribution in [3.63, 3.8) is 0 Å². The number of amidine groups is 1. The number of ether oxygens (including phenoxy) is 1. The zero-order valence-corrected chi connectivity index (χ0v) is 16.0. The van der Waals surface area contributed by atoms with Crippen LogP contribution >= 0.6 is 15.9 Å². The number of hydrogen-bond donors (Lipinski definition) is 1. The molecular weight excluding hydrogens is 446 g/mol. The first kappa shape index (κ1) is 20.2. The van der Waals surface area contributed by atoms with Gasteiger partial charge in [0.1, 0.15) is 21.7 Å². The van der Waals surface area contributed by atoms with Gasteiger partial charge in [-0.05, 0) is 47.1 Å². The van der Waals surface area contributed by atoms with Gasteiger partial charge >= 0.3 is 6.18 Å². The Balaban J connectivity index is 2.00. The molecule has 2 atom stereocenters. The third-order valence-corrected chi connectivity index (χ3v) is 4.57. The van der Waals surface area contributed by atoms with Crippen molar-refractivity contribution in [3.8, 4) is 0 Å². The van der Waals surface area contributed by atoms with E-state index in [-0.39, 0.29) is 15.9 Å². The van der Waals surface area contributed by atoms with Gasteiger partial charge in [0, 0.05) is 12.0 Å². The number of carbonyl (C=O) groups excluding carboxylic acids is 1. The lowest BCUT2D eigenvalue weighted by molar-refractivity contribution is -0.208. The Morgan fingerprint density at radius 3 is 2.57 bits per heavy atom. The van der Waals surface area contributed by atoms with Crippen LogP contribution in [0, 0.1) is 5.82 Å². The van der Waals surface area contributed by atoms with Crippen molar-refractivity contribution in [1.29, 1.82) is 0 Å². The molecule has 3 rings (SSSR count). The Morgan fingerprint density at radius 2 is 1.93 bits per heavy atom. The first-order valence-corrected chi connectivity index (χ1v) is 8.90. The van der Waals surface area contributed by atoms with Crippen molar-refractivity contribution < 1.29 is 27.1 Å². The number of amides is 1. The number of rotatable bonds is 2. The van der Waals surface area contributed by atoms with Crippen molar-refractivity contribution in [2.75, 3.05) is 0 Å². The van der Waals surface area contributed by atoms with Crippen molar-refractivity contribution in [1.82, 2.24) is 10.3 Å². The Morgan fingerprint density at radius 1 is 1.25 bits per heavy atom. The molecule has 0 saturated carbocycles. The van der Waals surface area contributed by atoms with Crippen molar-refractivity contribution in [2.24, 2.45) is 4.99 Å². The lowest BCUT2D eigenvalue weighted by Gasteiger charge is -2.36. The molecule has 0 radical (unpaired) electrons. The number of aromatic nitrogens is 1. The monoisotopic (exact) mass is 459 g/mol. The van der Waals surface area contributed by atoms with Crippen molar-refractivity contribution >= 4 is 27.9 Å². The second kappa shape index (κ2) is 7.50. The molecule has 2 aromatic rings. The fourth-order valence-corrected chi connectivity index (χ4v) is 3.09. The standard InChI is InChI=1S/C18H14BrF4N3O2/c1-17(14-11(20)7-8-13(19)24-14)9-12(18(21,22)23)28-16(26-17)25-15(27)10-5-3-2-4-6-10/h2-8,12H,9H2,1H3,(H,25,26,27)/t12-,17+/m1/s1. The van der Waals surface area contributed by atoms with Gasteiger partial charge in [-0.1, -0.05) is 18.2 Å². The number of pyridine rings is 1. The van der Waals surface area contributed by atoms with Crippen LogP contribution in [0.25, 0.3) is 0 Å². The molecule has 1 amide bonds. The summed E-state index contributed by atoms with van der Waals surface area (Å²) in [6.07, 6.45) is -7.73. The zero-order chi connectivity index (χ0) is 20.5. The molecule has 2 heterocycles. The van der Waals surface area contributed by atoms with E-state index in [1.54, 1.807) is 18.2 Å². The third-order valence-electron chi connectivity index (χ3n) is 4.13. The molecule has 5 nitrogen and oxygen atoms in total. The summed E-state index contributed by atoms with van der Waals surface area (Å²) in [5, 5.41) is 2.22. The minimum absolute atomic E-state index is 0.205. The molecule has 0 bridgehead atoms. The summed E-state index contributed by atoms with van der Waals surface area (Å²) in [4.78, 5) is 20.3. The fourth-order valence-electron chi connectivity index (χ4n) is 2.78. The molecule has 10 heteroatoms. The van der Waals surface area contributed by atoms with Gasteiger partial charge < -0.3 is 4.74 Å². The summed E-state index contributed by atoms with van der Waals surface area (Å²) in [6.45, 7) is 1.31. The predicted octanol–water partition coefficient (Wildman–Crippen LogP) is 4.34. The van der Waals surface area contributed by atoms with Crippen LogP contribution in [0.1, 0.15) is 29.4 Å². The van der Waals surface area contributed by atoms with Crippen LogP contribution in [0.15, 0.2) is 52.1 Å². The number of nitrogens with zero attached hydrogens (tertiary/aromatic N) is 2. The molecule has 1 aromatic carbocycles. The molecule has 1 aliphatic heterocycles. The van der Waals surface area contributed by atoms with E-state index >= 15 is 0 Å². The fraction of sp³-hybridized carbons (Fsp3) is 0.278. The summed E-state index contributed by atoms with van der Waals surface area (Å²) in [5.41, 5.74) is -1.78. The van der Waals surface area contributed by atoms with Crippen LogP contribution < -0.4 is 5.32 Å². The van der Waals surface area contributed by atoms with E-state index in [0.29, 0.717) is 0 Å². The van der Waals surface area contributed by atoms with E-state index in [1.807, 2.05) is 0 Å². The minimum atomic E-state index is -4.75. The smallest absolute Gasteiger partial charge is 0.425 e. The number of alkyl halides is 3. The van der Waals surface area contributed by atoms with Crippen LogP contribution in [0.2, 0.25) is 0 Å². The first-order chi connectivity index (χ1) is 13.1. The van der Waals surface area contributed by atoms with Crippen LogP contribution in [-0.4, -0.2) is 29.2 Å². The minimum Gasteiger partial charge on any atom is -0.452 e. The van der Waals surface area contributed by atoms with Gasteiger partial charge in [0.25, 0.3) is 11.9 Å². The van der Waals surface area contributed by atoms with Gasteiger partial charge in [-0.3, -0.25) is 10.1 Å². The van der Waals surface area contributed by atoms with Gasteiger partial charge in [-0.2, -0.15) is 13.2 Å². The first-order valence-electron chi connectivity index (χ1n) is 8.11. The number of hydrogen-bond acceptors (Lipinski definition) is 4. The summed E-state index contributed by atoms with van der Waals surface area (Å²) >= 11 is 3.08. The van der Waals surface area contributed by atoms with Crippen molar-refractivity contribution in [3.05, 3.63) is 64.1 Å². The van der Waals surface area contributed by atoms with Gasteiger partial charge in [0.05, 0.1) is 0 Å². The lowest BCUT2D eigenvalue weighted by Crippen LogP contribution is -2.49. The van der Waals surface area contributed by atoms with Gasteiger partial charge in [-0.15, -0.1) is 0 Å². The second-order valence-corrected chi connectivity index (χ2v) is 7.14. The topological polar surface area (TPSA) is 63.6 Å². The van der Waals surface area contributed by atoms with Gasteiger partial charge in [-0.25, -0.2) is 14.4 Å². The quantitative estimate of drug-likeness (QED) is 0.536. The predicted molar refractivity (Wildman–Crippen MR) is 96.1 cm³/mol. The summed E-state index contributed by atoms with van der Waals surface area (Å²) in [5.74, 6) is -1.52. The molecule has 1 N–H and O–H groups in total.